The maximum atomic E-state index is 12.3. The van der Waals surface area contributed by atoms with Gasteiger partial charge in [-0.1, -0.05) is 54.2 Å². The molecule has 2 aromatic rings. The number of nitrogens with one attached hydrogen (secondary N) is 1. The highest BCUT2D eigenvalue weighted by Crippen LogP contribution is 2.27. The van der Waals surface area contributed by atoms with Crippen molar-refractivity contribution in [2.24, 2.45) is 5.73 Å². The van der Waals surface area contributed by atoms with Gasteiger partial charge in [-0.15, -0.1) is 11.3 Å². The number of carbonyl (C=O) groups excluding carboxylic acids is 1. The van der Waals surface area contributed by atoms with Crippen LogP contribution < -0.4 is 11.1 Å². The van der Waals surface area contributed by atoms with Gasteiger partial charge in [0.1, 0.15) is 15.9 Å². The first-order chi connectivity index (χ1) is 9.50. The lowest BCUT2D eigenvalue weighted by molar-refractivity contribution is 0.0951. The molecular formula is C14H13ClN2OS2. The van der Waals surface area contributed by atoms with Crippen molar-refractivity contribution in [2.45, 2.75) is 13.0 Å². The van der Waals surface area contributed by atoms with E-state index >= 15 is 0 Å². The van der Waals surface area contributed by atoms with Gasteiger partial charge in [-0.05, 0) is 23.4 Å². The molecule has 0 aliphatic rings. The molecule has 20 heavy (non-hydrogen) atoms. The van der Waals surface area contributed by atoms with Crippen molar-refractivity contribution >= 4 is 46.1 Å². The summed E-state index contributed by atoms with van der Waals surface area (Å²) < 4.78 is 0. The zero-order valence-electron chi connectivity index (χ0n) is 10.7. The largest absolute Gasteiger partial charge is 0.391 e. The molecule has 3 nitrogen and oxygen atoms in total. The van der Waals surface area contributed by atoms with Crippen molar-refractivity contribution in [3.05, 3.63) is 56.7 Å². The molecule has 0 spiro atoms. The van der Waals surface area contributed by atoms with Crippen molar-refractivity contribution in [3.8, 4) is 0 Å². The number of nitrogens with two attached hydrogens (primary N) is 1. The van der Waals surface area contributed by atoms with Crippen LogP contribution in [0.2, 0.25) is 5.02 Å². The van der Waals surface area contributed by atoms with Crippen LogP contribution >= 0.6 is 35.2 Å². The van der Waals surface area contributed by atoms with Crippen LogP contribution in [0.3, 0.4) is 0 Å². The summed E-state index contributed by atoms with van der Waals surface area (Å²) in [4.78, 5) is 13.0. The van der Waals surface area contributed by atoms with Gasteiger partial charge in [0.05, 0.1) is 5.02 Å². The van der Waals surface area contributed by atoms with E-state index in [4.69, 9.17) is 29.6 Å². The maximum absolute atomic E-state index is 12.3. The van der Waals surface area contributed by atoms with E-state index in [0.717, 1.165) is 11.1 Å². The van der Waals surface area contributed by atoms with E-state index in [1.54, 1.807) is 0 Å². The molecule has 1 atom stereocenters. The zero-order chi connectivity index (χ0) is 14.7. The van der Waals surface area contributed by atoms with Crippen LogP contribution in [0.1, 0.15) is 26.8 Å². The molecule has 1 heterocycles. The van der Waals surface area contributed by atoms with Gasteiger partial charge in [0, 0.05) is 0 Å². The molecule has 0 aliphatic carbocycles. The molecule has 3 N–H and O–H groups in total. The second-order valence-corrected chi connectivity index (χ2v) is 6.01. The van der Waals surface area contributed by atoms with Crippen molar-refractivity contribution in [3.63, 3.8) is 0 Å². The number of halogens is 1. The quantitative estimate of drug-likeness (QED) is 0.847. The van der Waals surface area contributed by atoms with Gasteiger partial charge >= 0.3 is 0 Å². The van der Waals surface area contributed by atoms with E-state index in [1.165, 1.54) is 11.3 Å². The molecule has 1 unspecified atom stereocenters. The van der Waals surface area contributed by atoms with E-state index in [9.17, 15) is 4.79 Å². The summed E-state index contributed by atoms with van der Waals surface area (Å²) in [5.74, 6) is -0.269. The second kappa shape index (κ2) is 6.35. The minimum atomic E-state index is -0.503. The van der Waals surface area contributed by atoms with Crippen molar-refractivity contribution in [1.82, 2.24) is 5.32 Å². The van der Waals surface area contributed by atoms with E-state index < -0.39 is 6.04 Å². The first kappa shape index (κ1) is 15.0. The zero-order valence-corrected chi connectivity index (χ0v) is 13.1. The van der Waals surface area contributed by atoms with Crippen LogP contribution in [0.4, 0.5) is 0 Å². The normalized spacial score (nSPS) is 11.9. The number of carbonyl (C=O) groups is 1. The Labute approximate surface area is 131 Å². The van der Waals surface area contributed by atoms with Gasteiger partial charge in [0.15, 0.2) is 0 Å². The first-order valence-electron chi connectivity index (χ1n) is 5.89. The molecule has 1 aromatic heterocycles. The smallest absolute Gasteiger partial charge is 0.263 e. The Morgan fingerprint density at radius 1 is 1.40 bits per heavy atom. The lowest BCUT2D eigenvalue weighted by atomic mass is 10.1. The molecule has 0 radical (unpaired) electrons. The Balaban J connectivity index is 2.24. The second-order valence-electron chi connectivity index (χ2n) is 4.28. The lowest BCUT2D eigenvalue weighted by Crippen LogP contribution is -2.36. The Kier molecular flexibility index (Phi) is 4.75. The topological polar surface area (TPSA) is 55.1 Å². The molecule has 1 amide bonds. The summed E-state index contributed by atoms with van der Waals surface area (Å²) in [6, 6.07) is 8.86. The standard InChI is InChI=1S/C14H13ClN2OS2/c1-8-7-20-12(10(8)15)14(18)17-11(13(16)19)9-5-3-2-4-6-9/h2-7,11H,1H3,(H2,16,19)(H,17,18). The molecule has 6 heteroatoms. The fraction of sp³-hybridized carbons (Fsp3) is 0.143. The highest BCUT2D eigenvalue weighted by Gasteiger charge is 2.21. The van der Waals surface area contributed by atoms with Gasteiger partial charge in [0.25, 0.3) is 5.91 Å². The molecular weight excluding hydrogens is 312 g/mol. The number of thiocarbonyl (C=S) groups is 1. The minimum Gasteiger partial charge on any atom is -0.391 e. The van der Waals surface area contributed by atoms with Crippen LogP contribution in [0, 0.1) is 6.92 Å². The van der Waals surface area contributed by atoms with Crippen LogP contribution in [-0.4, -0.2) is 10.9 Å². The van der Waals surface area contributed by atoms with Crippen LogP contribution in [-0.2, 0) is 0 Å². The number of amides is 1. The summed E-state index contributed by atoms with van der Waals surface area (Å²) >= 11 is 12.4. The van der Waals surface area contributed by atoms with Crippen molar-refractivity contribution < 1.29 is 4.79 Å². The van der Waals surface area contributed by atoms with Gasteiger partial charge < -0.3 is 11.1 Å². The summed E-state index contributed by atoms with van der Waals surface area (Å²) in [5.41, 5.74) is 7.45. The predicted molar refractivity (Wildman–Crippen MR) is 87.5 cm³/mol. The molecule has 104 valence electrons. The Hall–Kier alpha value is -1.43. The van der Waals surface area contributed by atoms with Gasteiger partial charge in [-0.3, -0.25) is 4.79 Å². The van der Waals surface area contributed by atoms with E-state index in [1.807, 2.05) is 42.6 Å². The monoisotopic (exact) mass is 324 g/mol. The number of aryl methyl sites for hydroxylation is 1. The summed E-state index contributed by atoms with van der Waals surface area (Å²) in [6.07, 6.45) is 0. The molecule has 1 aromatic carbocycles. The molecule has 0 fully saturated rings. The number of rotatable bonds is 4. The lowest BCUT2D eigenvalue weighted by Gasteiger charge is -2.17. The summed E-state index contributed by atoms with van der Waals surface area (Å²) in [5, 5.41) is 5.14. The van der Waals surface area contributed by atoms with E-state index in [-0.39, 0.29) is 10.9 Å². The third kappa shape index (κ3) is 3.17. The molecule has 0 aliphatic heterocycles. The molecule has 2 rings (SSSR count). The van der Waals surface area contributed by atoms with Crippen molar-refractivity contribution in [2.75, 3.05) is 0 Å². The highest BCUT2D eigenvalue weighted by molar-refractivity contribution is 7.80. The number of benzene rings is 1. The number of hydrogen-bond acceptors (Lipinski definition) is 3. The SMILES string of the molecule is Cc1csc(C(=O)NC(C(N)=S)c2ccccc2)c1Cl. The third-order valence-corrected chi connectivity index (χ3v) is 4.73. The number of hydrogen-bond donors (Lipinski definition) is 2. The average molecular weight is 325 g/mol. The Morgan fingerprint density at radius 2 is 2.05 bits per heavy atom. The van der Waals surface area contributed by atoms with E-state index in [0.29, 0.717) is 9.90 Å². The Morgan fingerprint density at radius 3 is 2.55 bits per heavy atom. The van der Waals surface area contributed by atoms with Crippen LogP contribution in [0.5, 0.6) is 0 Å². The molecule has 0 saturated heterocycles. The fourth-order valence-corrected chi connectivity index (χ4v) is 3.12. The average Bonchev–Trinajstić information content (AvgIpc) is 2.77. The fourth-order valence-electron chi connectivity index (χ4n) is 1.74. The summed E-state index contributed by atoms with van der Waals surface area (Å²) in [6.45, 7) is 1.86. The number of thiophene rings is 1. The minimum absolute atomic E-state index is 0.217. The van der Waals surface area contributed by atoms with Gasteiger partial charge in [-0.2, -0.15) is 0 Å². The predicted octanol–water partition coefficient (Wildman–Crippen LogP) is 3.47. The Bertz CT molecular complexity index is 640. The maximum Gasteiger partial charge on any atom is 0.263 e. The first-order valence-corrected chi connectivity index (χ1v) is 7.56. The van der Waals surface area contributed by atoms with Crippen LogP contribution in [0.15, 0.2) is 35.7 Å². The molecule has 0 saturated carbocycles. The molecule has 0 bridgehead atoms. The van der Waals surface area contributed by atoms with Crippen LogP contribution in [0.25, 0.3) is 0 Å². The highest BCUT2D eigenvalue weighted by atomic mass is 35.5. The van der Waals surface area contributed by atoms with E-state index in [2.05, 4.69) is 5.32 Å². The van der Waals surface area contributed by atoms with Crippen molar-refractivity contribution in [1.29, 1.82) is 0 Å². The van der Waals surface area contributed by atoms with Gasteiger partial charge in [0.2, 0.25) is 0 Å². The third-order valence-electron chi connectivity index (χ3n) is 2.80. The summed E-state index contributed by atoms with van der Waals surface area (Å²) in [7, 11) is 0. The van der Waals surface area contributed by atoms with Gasteiger partial charge in [-0.25, -0.2) is 0 Å².